The third kappa shape index (κ3) is 8.36. The molecule has 11 nitrogen and oxygen atoms in total. The lowest BCUT2D eigenvalue weighted by molar-refractivity contribution is -0.144. The number of carbonyl (C=O) groups is 4. The van der Waals surface area contributed by atoms with Gasteiger partial charge in [0.2, 0.25) is 17.7 Å². The first kappa shape index (κ1) is 27.8. The number of hydrogen-bond donors (Lipinski definition) is 6. The van der Waals surface area contributed by atoms with E-state index in [-0.39, 0.29) is 18.2 Å². The van der Waals surface area contributed by atoms with Crippen LogP contribution in [0, 0.1) is 5.92 Å². The van der Waals surface area contributed by atoms with Crippen molar-refractivity contribution in [2.75, 3.05) is 13.1 Å². The number of amides is 3. The van der Waals surface area contributed by atoms with E-state index in [2.05, 4.69) is 10.6 Å². The van der Waals surface area contributed by atoms with Crippen molar-refractivity contribution in [3.63, 3.8) is 0 Å². The zero-order chi connectivity index (χ0) is 24.4. The SMILES string of the molecule is CC(C)CC(N)C(=O)N1CCCC1C(=O)NC(C(=O)NC(CCCCN)C(=O)O)C(C)O. The molecule has 0 saturated carbocycles. The molecule has 5 atom stereocenters. The Balaban J connectivity index is 2.83. The summed E-state index contributed by atoms with van der Waals surface area (Å²) in [7, 11) is 0. The number of carboxylic acids is 1. The lowest BCUT2D eigenvalue weighted by atomic mass is 10.0. The van der Waals surface area contributed by atoms with Gasteiger partial charge >= 0.3 is 5.97 Å². The van der Waals surface area contributed by atoms with Crippen molar-refractivity contribution in [2.24, 2.45) is 17.4 Å². The zero-order valence-corrected chi connectivity index (χ0v) is 19.3. The topological polar surface area (TPSA) is 188 Å². The summed E-state index contributed by atoms with van der Waals surface area (Å²) in [6, 6.07) is -4.04. The molecule has 0 aromatic carbocycles. The van der Waals surface area contributed by atoms with Crippen LogP contribution in [-0.2, 0) is 19.2 Å². The summed E-state index contributed by atoms with van der Waals surface area (Å²) in [5.74, 6) is -2.69. The predicted molar refractivity (Wildman–Crippen MR) is 118 cm³/mol. The van der Waals surface area contributed by atoms with Crippen LogP contribution < -0.4 is 22.1 Å². The van der Waals surface area contributed by atoms with Gasteiger partial charge in [-0.1, -0.05) is 13.8 Å². The summed E-state index contributed by atoms with van der Waals surface area (Å²) in [6.45, 7) is 6.02. The molecule has 0 radical (unpaired) electrons. The van der Waals surface area contributed by atoms with Crippen molar-refractivity contribution in [3.8, 4) is 0 Å². The minimum atomic E-state index is -1.36. The minimum Gasteiger partial charge on any atom is -0.480 e. The second-order valence-electron chi connectivity index (χ2n) is 8.84. The molecule has 0 aromatic heterocycles. The van der Waals surface area contributed by atoms with Crippen LogP contribution >= 0.6 is 0 Å². The number of hydrogen-bond acceptors (Lipinski definition) is 7. The molecule has 0 aromatic rings. The van der Waals surface area contributed by atoms with Crippen LogP contribution in [0.3, 0.4) is 0 Å². The van der Waals surface area contributed by atoms with Gasteiger partial charge in [0.05, 0.1) is 12.1 Å². The van der Waals surface area contributed by atoms with E-state index in [4.69, 9.17) is 11.5 Å². The molecule has 0 aliphatic carbocycles. The first-order valence-corrected chi connectivity index (χ1v) is 11.3. The maximum atomic E-state index is 12.9. The standard InChI is InChI=1S/C21H39N5O6/c1-12(2)11-14(23)20(30)26-10-6-8-16(26)18(28)25-17(13(3)27)19(29)24-15(21(31)32)7-4-5-9-22/h12-17,27H,4-11,22-23H2,1-3H3,(H,24,29)(H,25,28)(H,31,32). The normalized spacial score (nSPS) is 19.8. The van der Waals surface area contributed by atoms with Crippen LogP contribution in [0.2, 0.25) is 0 Å². The fourth-order valence-corrected chi connectivity index (χ4v) is 3.79. The summed E-state index contributed by atoms with van der Waals surface area (Å²) in [6.07, 6.45) is 1.55. The van der Waals surface area contributed by atoms with Crippen LogP contribution in [0.25, 0.3) is 0 Å². The summed E-state index contributed by atoms with van der Waals surface area (Å²) < 4.78 is 0. The summed E-state index contributed by atoms with van der Waals surface area (Å²) in [5, 5.41) is 24.3. The van der Waals surface area contributed by atoms with Gasteiger partial charge in [0.15, 0.2) is 0 Å². The van der Waals surface area contributed by atoms with Gasteiger partial charge in [-0.3, -0.25) is 14.4 Å². The Morgan fingerprint density at radius 2 is 1.78 bits per heavy atom. The highest BCUT2D eigenvalue weighted by Crippen LogP contribution is 2.20. The number of nitrogens with two attached hydrogens (primary N) is 2. The molecule has 0 bridgehead atoms. The second kappa shape index (κ2) is 13.3. The number of aliphatic carboxylic acids is 1. The number of aliphatic hydroxyl groups is 1. The highest BCUT2D eigenvalue weighted by Gasteiger charge is 2.38. The van der Waals surface area contributed by atoms with Crippen molar-refractivity contribution >= 4 is 23.7 Å². The fourth-order valence-electron chi connectivity index (χ4n) is 3.79. The first-order chi connectivity index (χ1) is 15.0. The van der Waals surface area contributed by atoms with Gasteiger partial charge in [-0.2, -0.15) is 0 Å². The van der Waals surface area contributed by atoms with Crippen LogP contribution in [-0.4, -0.2) is 82.2 Å². The molecule has 0 spiro atoms. The van der Waals surface area contributed by atoms with Gasteiger partial charge < -0.3 is 37.2 Å². The molecule has 1 saturated heterocycles. The molecule has 184 valence electrons. The first-order valence-electron chi connectivity index (χ1n) is 11.3. The predicted octanol–water partition coefficient (Wildman–Crippen LogP) is -1.09. The van der Waals surface area contributed by atoms with E-state index in [1.165, 1.54) is 11.8 Å². The molecule has 1 aliphatic heterocycles. The molecule has 1 heterocycles. The second-order valence-corrected chi connectivity index (χ2v) is 8.84. The number of nitrogens with zero attached hydrogens (tertiary/aromatic N) is 1. The number of nitrogens with one attached hydrogen (secondary N) is 2. The molecule has 11 heteroatoms. The van der Waals surface area contributed by atoms with E-state index in [1.807, 2.05) is 13.8 Å². The number of unbranched alkanes of at least 4 members (excludes halogenated alkanes) is 1. The Morgan fingerprint density at radius 1 is 1.12 bits per heavy atom. The van der Waals surface area contributed by atoms with Crippen LogP contribution in [0.1, 0.15) is 59.3 Å². The largest absolute Gasteiger partial charge is 0.480 e. The van der Waals surface area contributed by atoms with Crippen LogP contribution in [0.15, 0.2) is 0 Å². The van der Waals surface area contributed by atoms with E-state index in [0.717, 1.165) is 0 Å². The number of carbonyl (C=O) groups excluding carboxylic acids is 3. The highest BCUT2D eigenvalue weighted by molar-refractivity contribution is 5.94. The summed E-state index contributed by atoms with van der Waals surface area (Å²) >= 11 is 0. The molecule has 32 heavy (non-hydrogen) atoms. The van der Waals surface area contributed by atoms with E-state index < -0.39 is 48.1 Å². The van der Waals surface area contributed by atoms with Crippen LogP contribution in [0.5, 0.6) is 0 Å². The lowest BCUT2D eigenvalue weighted by Gasteiger charge is -2.29. The maximum absolute atomic E-state index is 12.9. The molecular formula is C21H39N5O6. The average Bonchev–Trinajstić information content (AvgIpc) is 3.19. The van der Waals surface area contributed by atoms with Crippen molar-refractivity contribution in [1.29, 1.82) is 0 Å². The van der Waals surface area contributed by atoms with Gasteiger partial charge in [-0.05, 0) is 57.9 Å². The van der Waals surface area contributed by atoms with E-state index in [9.17, 15) is 29.4 Å². The quantitative estimate of drug-likeness (QED) is 0.188. The molecule has 8 N–H and O–H groups in total. The third-order valence-electron chi connectivity index (χ3n) is 5.51. The minimum absolute atomic E-state index is 0.178. The van der Waals surface area contributed by atoms with Gasteiger partial charge in [0, 0.05) is 6.54 Å². The molecular weight excluding hydrogens is 418 g/mol. The fraction of sp³-hybridized carbons (Fsp3) is 0.810. The van der Waals surface area contributed by atoms with Crippen molar-refractivity contribution in [1.82, 2.24) is 15.5 Å². The van der Waals surface area contributed by atoms with Crippen LogP contribution in [0.4, 0.5) is 0 Å². The molecule has 1 aliphatic rings. The van der Waals surface area contributed by atoms with Gasteiger partial charge in [0.25, 0.3) is 0 Å². The Morgan fingerprint density at radius 3 is 2.31 bits per heavy atom. The van der Waals surface area contributed by atoms with Crippen molar-refractivity contribution in [3.05, 3.63) is 0 Å². The number of carboxylic acid groups (broad SMARTS) is 1. The highest BCUT2D eigenvalue weighted by atomic mass is 16.4. The van der Waals surface area contributed by atoms with E-state index in [0.29, 0.717) is 45.2 Å². The number of rotatable bonds is 13. The Labute approximate surface area is 189 Å². The monoisotopic (exact) mass is 457 g/mol. The Kier molecular flexibility index (Phi) is 11.6. The van der Waals surface area contributed by atoms with E-state index >= 15 is 0 Å². The molecule has 3 amide bonds. The average molecular weight is 458 g/mol. The molecule has 1 rings (SSSR count). The Bertz CT molecular complexity index is 657. The van der Waals surface area contributed by atoms with Gasteiger partial charge in [-0.15, -0.1) is 0 Å². The number of aliphatic hydroxyl groups excluding tert-OH is 1. The number of likely N-dealkylation sites (tertiary alicyclic amines) is 1. The maximum Gasteiger partial charge on any atom is 0.326 e. The lowest BCUT2D eigenvalue weighted by Crippen LogP contribution is -2.59. The van der Waals surface area contributed by atoms with Gasteiger partial charge in [-0.25, -0.2) is 4.79 Å². The summed E-state index contributed by atoms with van der Waals surface area (Å²) in [5.41, 5.74) is 11.4. The van der Waals surface area contributed by atoms with E-state index in [1.54, 1.807) is 0 Å². The smallest absolute Gasteiger partial charge is 0.326 e. The van der Waals surface area contributed by atoms with Gasteiger partial charge in [0.1, 0.15) is 18.1 Å². The van der Waals surface area contributed by atoms with Crippen molar-refractivity contribution in [2.45, 2.75) is 89.6 Å². The Hall–Kier alpha value is -2.24. The zero-order valence-electron chi connectivity index (χ0n) is 19.3. The molecule has 1 fully saturated rings. The van der Waals surface area contributed by atoms with Crippen molar-refractivity contribution < 1.29 is 29.4 Å². The third-order valence-corrected chi connectivity index (χ3v) is 5.51. The molecule has 5 unspecified atom stereocenters. The summed E-state index contributed by atoms with van der Waals surface area (Å²) in [4.78, 5) is 51.1.